The molecule has 0 saturated heterocycles. The molecule has 5 rings (SSSR count). The van der Waals surface area contributed by atoms with Crippen LogP contribution in [0.1, 0.15) is 94.5 Å². The molecule has 0 unspecified atom stereocenters. The fourth-order valence-electron chi connectivity index (χ4n) is 7.59. The minimum Gasteiger partial charge on any atom is -0.491 e. The topological polar surface area (TPSA) is 178 Å². The fraction of sp³-hybridized carbons (Fsp3) is 0.417. The van der Waals surface area contributed by atoms with Crippen LogP contribution in [0, 0.1) is 0 Å². The predicted octanol–water partition coefficient (Wildman–Crippen LogP) is 6.56. The minimum absolute atomic E-state index is 0.221. The molecule has 8 bridgehead atoms. The van der Waals surface area contributed by atoms with Gasteiger partial charge in [-0.15, -0.1) is 0 Å². The van der Waals surface area contributed by atoms with E-state index in [0.717, 1.165) is 44.5 Å². The molecular formula is C48H60N4O8S4. The van der Waals surface area contributed by atoms with Crippen LogP contribution in [-0.2, 0) is 44.6 Å². The zero-order valence-corrected chi connectivity index (χ0v) is 40.4. The van der Waals surface area contributed by atoms with Gasteiger partial charge in [0.25, 0.3) is 0 Å². The molecule has 64 heavy (non-hydrogen) atoms. The van der Waals surface area contributed by atoms with Gasteiger partial charge in [0, 0.05) is 74.4 Å². The summed E-state index contributed by atoms with van der Waals surface area (Å²) in [6.07, 6.45) is 1.25. The van der Waals surface area contributed by atoms with Crippen LogP contribution in [0.25, 0.3) is 0 Å². The maximum absolute atomic E-state index is 6.71. The van der Waals surface area contributed by atoms with Gasteiger partial charge < -0.3 is 60.8 Å². The zero-order chi connectivity index (χ0) is 46.2. The van der Waals surface area contributed by atoms with Crippen molar-refractivity contribution in [3.63, 3.8) is 0 Å². The van der Waals surface area contributed by atoms with Gasteiger partial charge in [-0.2, -0.15) is 0 Å². The Morgan fingerprint density at radius 3 is 0.656 bits per heavy atom. The van der Waals surface area contributed by atoms with E-state index in [4.69, 9.17) is 110 Å². The minimum atomic E-state index is 0.221. The van der Waals surface area contributed by atoms with Crippen molar-refractivity contribution in [1.29, 1.82) is 0 Å². The first-order valence-corrected chi connectivity index (χ1v) is 23.2. The molecule has 4 aromatic rings. The molecule has 12 nitrogen and oxygen atoms in total. The number of ether oxygens (including phenoxy) is 8. The third-order valence-corrected chi connectivity index (χ3v) is 11.3. The number of thiocarbonyl (C=S) groups is 4. The normalized spacial score (nSPS) is 12.1. The molecule has 0 aromatic heterocycles. The Balaban J connectivity index is 1.93. The van der Waals surface area contributed by atoms with Gasteiger partial charge in [-0.05, 0) is 121 Å². The molecule has 1 aliphatic carbocycles. The summed E-state index contributed by atoms with van der Waals surface area (Å²) >= 11 is 22.6. The van der Waals surface area contributed by atoms with E-state index in [0.29, 0.717) is 124 Å². The first-order valence-electron chi connectivity index (χ1n) is 21.5. The van der Waals surface area contributed by atoms with E-state index in [1.54, 1.807) is 0 Å². The number of benzene rings is 4. The summed E-state index contributed by atoms with van der Waals surface area (Å²) in [6.45, 7) is 12.5. The van der Waals surface area contributed by atoms with Gasteiger partial charge >= 0.3 is 0 Å². The fourth-order valence-corrected chi connectivity index (χ4v) is 8.06. The second-order valence-corrected chi connectivity index (χ2v) is 16.6. The summed E-state index contributed by atoms with van der Waals surface area (Å²) in [7, 11) is 0. The molecule has 1 aliphatic rings. The van der Waals surface area contributed by atoms with Crippen LogP contribution in [0.15, 0.2) is 48.5 Å². The molecule has 8 N–H and O–H groups in total. The maximum atomic E-state index is 6.71. The molecule has 0 amide bonds. The summed E-state index contributed by atoms with van der Waals surface area (Å²) in [6, 6.07) is 15.7. The largest absolute Gasteiger partial charge is 0.491 e. The van der Waals surface area contributed by atoms with Crippen molar-refractivity contribution in [2.75, 3.05) is 79.3 Å². The Kier molecular flexibility index (Phi) is 19.9. The number of hydrogen-bond acceptors (Lipinski definition) is 12. The average Bonchev–Trinajstić information content (AvgIpc) is 3.25. The highest BCUT2D eigenvalue weighted by Gasteiger charge is 2.26. The molecule has 0 aliphatic heterocycles. The summed E-state index contributed by atoms with van der Waals surface area (Å²) in [5, 5.41) is 0. The van der Waals surface area contributed by atoms with E-state index in [9.17, 15) is 0 Å². The lowest BCUT2D eigenvalue weighted by Gasteiger charge is -2.25. The van der Waals surface area contributed by atoms with Gasteiger partial charge in [0.2, 0.25) is 0 Å². The molecular weight excluding hydrogens is 889 g/mol. The van der Waals surface area contributed by atoms with Gasteiger partial charge in [0.15, 0.2) is 0 Å². The molecule has 0 fully saturated rings. The van der Waals surface area contributed by atoms with E-state index in [2.05, 4.69) is 0 Å². The van der Waals surface area contributed by atoms with E-state index in [-0.39, 0.29) is 46.4 Å². The lowest BCUT2D eigenvalue weighted by molar-refractivity contribution is 0.108. The maximum Gasteiger partial charge on any atom is 0.126 e. The quantitative estimate of drug-likeness (QED) is 0.0386. The second kappa shape index (κ2) is 25.2. The SMILES string of the molecule is CCOCCOc1c2cc(C(N)=S)cc1Cc1cc(C(N)=S)cc(c1OCCOCC)Cc1cc(C(N)=S)cc(c1OCCOCC)Cc1cc(C(N)=S)cc(c1OCCOCC)C2. The number of nitrogens with two attached hydrogens (primary N) is 4. The summed E-state index contributed by atoms with van der Waals surface area (Å²) in [5.74, 6) is 2.53. The highest BCUT2D eigenvalue weighted by Crippen LogP contribution is 2.41. The molecule has 0 saturated carbocycles. The first kappa shape index (κ1) is 50.5. The summed E-state index contributed by atoms with van der Waals surface area (Å²) in [4.78, 5) is 0.882. The highest BCUT2D eigenvalue weighted by atomic mass is 32.1. The van der Waals surface area contributed by atoms with Crippen LogP contribution in [0.5, 0.6) is 23.0 Å². The monoisotopic (exact) mass is 948 g/mol. The van der Waals surface area contributed by atoms with Gasteiger partial charge in [-0.1, -0.05) is 48.9 Å². The van der Waals surface area contributed by atoms with Crippen molar-refractivity contribution in [3.8, 4) is 23.0 Å². The second-order valence-electron chi connectivity index (χ2n) is 14.8. The van der Waals surface area contributed by atoms with Gasteiger partial charge in [-0.3, -0.25) is 0 Å². The molecule has 0 spiro atoms. The van der Waals surface area contributed by atoms with Crippen molar-refractivity contribution < 1.29 is 37.9 Å². The number of fused-ring (bicyclic) bond motifs is 8. The van der Waals surface area contributed by atoms with Gasteiger partial charge in [0.05, 0.1) is 26.4 Å². The van der Waals surface area contributed by atoms with Crippen LogP contribution in [0.3, 0.4) is 0 Å². The van der Waals surface area contributed by atoms with Crippen molar-refractivity contribution >= 4 is 68.8 Å². The molecule has 344 valence electrons. The Hall–Kier alpha value is -4.52. The Bertz CT molecular complexity index is 1900. The first-order chi connectivity index (χ1) is 30.9. The smallest absolute Gasteiger partial charge is 0.126 e. The van der Waals surface area contributed by atoms with Crippen LogP contribution in [0.2, 0.25) is 0 Å². The van der Waals surface area contributed by atoms with Crippen molar-refractivity contribution in [2.45, 2.75) is 53.4 Å². The summed E-state index contributed by atoms with van der Waals surface area (Å²) in [5.41, 5.74) is 34.8. The van der Waals surface area contributed by atoms with Crippen LogP contribution in [-0.4, -0.2) is 99.2 Å². The van der Waals surface area contributed by atoms with Crippen LogP contribution in [0.4, 0.5) is 0 Å². The standard InChI is InChI=1S/C48H60N4O8S4/c1-5-53-9-13-57-41-29-17-31-23-38(46(50)62)25-33(42(31)58-14-10-54-6-2)19-35-27-40(48(52)64)28-36(44(35)60-16-12-56-8-4)20-34-26-39(47(51)63)24-32(43(34)59-15-11-55-7-3)18-30(41)22-37(21-29)45(49)61/h21-28H,5-20H2,1-4H3,(H2,49,61)(H2,50,62)(H2,51,63)(H2,52,64). The Labute approximate surface area is 398 Å². The molecule has 0 heterocycles. The zero-order valence-electron chi connectivity index (χ0n) is 37.1. The summed E-state index contributed by atoms with van der Waals surface area (Å²) < 4.78 is 49.8. The van der Waals surface area contributed by atoms with Crippen molar-refractivity contribution in [3.05, 3.63) is 115 Å². The third-order valence-electron chi connectivity index (χ3n) is 10.3. The average molecular weight is 949 g/mol. The van der Waals surface area contributed by atoms with E-state index in [1.807, 2.05) is 76.2 Å². The number of rotatable bonds is 24. The number of hydrogen-bond donors (Lipinski definition) is 4. The molecule has 0 radical (unpaired) electrons. The lowest BCUT2D eigenvalue weighted by atomic mass is 9.88. The Morgan fingerprint density at radius 1 is 0.344 bits per heavy atom. The van der Waals surface area contributed by atoms with E-state index >= 15 is 0 Å². The highest BCUT2D eigenvalue weighted by molar-refractivity contribution is 7.81. The van der Waals surface area contributed by atoms with E-state index < -0.39 is 0 Å². The van der Waals surface area contributed by atoms with Gasteiger partial charge in [-0.25, -0.2) is 0 Å². The lowest BCUT2D eigenvalue weighted by Crippen LogP contribution is -2.18. The van der Waals surface area contributed by atoms with Gasteiger partial charge in [0.1, 0.15) is 69.4 Å². The predicted molar refractivity (Wildman–Crippen MR) is 268 cm³/mol. The van der Waals surface area contributed by atoms with Crippen molar-refractivity contribution in [1.82, 2.24) is 0 Å². The third kappa shape index (κ3) is 13.7. The molecule has 4 aromatic carbocycles. The molecule has 16 heteroatoms. The van der Waals surface area contributed by atoms with E-state index in [1.165, 1.54) is 0 Å². The Morgan fingerprint density at radius 2 is 0.516 bits per heavy atom. The van der Waals surface area contributed by atoms with Crippen LogP contribution < -0.4 is 41.9 Å². The van der Waals surface area contributed by atoms with Crippen molar-refractivity contribution in [2.24, 2.45) is 22.9 Å². The van der Waals surface area contributed by atoms with Crippen LogP contribution >= 0.6 is 48.9 Å². The molecule has 0 atom stereocenters.